The zero-order valence-electron chi connectivity index (χ0n) is 12.2. The third-order valence-corrected chi connectivity index (χ3v) is 3.02. The Kier molecular flexibility index (Phi) is 9.33. The molecule has 2 atom stereocenters. The smallest absolute Gasteiger partial charge is 0.265 e. The van der Waals surface area contributed by atoms with Crippen molar-refractivity contribution >= 4 is 11.8 Å². The largest absolute Gasteiger partial charge is 0.273 e. The van der Waals surface area contributed by atoms with Gasteiger partial charge >= 0.3 is 0 Å². The summed E-state index contributed by atoms with van der Waals surface area (Å²) in [6, 6.07) is 0. The first-order valence-electron chi connectivity index (χ1n) is 7.04. The van der Waals surface area contributed by atoms with Crippen molar-refractivity contribution in [2.45, 2.75) is 66.2 Å². The number of unbranched alkanes of at least 4 members (excludes halogenated alkanes) is 1. The number of carbonyl (C=O) groups is 2. The summed E-state index contributed by atoms with van der Waals surface area (Å²) in [7, 11) is 0. The van der Waals surface area contributed by atoms with Gasteiger partial charge in [0.05, 0.1) is 0 Å². The SMILES string of the molecule is CCCCC(C)C(=O)[N]NC(=O)CC(C)CCC. The van der Waals surface area contributed by atoms with E-state index in [-0.39, 0.29) is 17.7 Å². The molecule has 0 aliphatic rings. The van der Waals surface area contributed by atoms with E-state index in [1.807, 2.05) is 13.8 Å². The van der Waals surface area contributed by atoms with Crippen LogP contribution in [0.4, 0.5) is 0 Å². The van der Waals surface area contributed by atoms with Crippen molar-refractivity contribution < 1.29 is 9.59 Å². The molecule has 0 saturated heterocycles. The summed E-state index contributed by atoms with van der Waals surface area (Å²) in [6.07, 6.45) is 5.45. The number of hydrogen-bond donors (Lipinski definition) is 1. The Hall–Kier alpha value is -1.06. The average Bonchev–Trinajstić information content (AvgIpc) is 2.33. The van der Waals surface area contributed by atoms with Crippen LogP contribution in [0.15, 0.2) is 0 Å². The summed E-state index contributed by atoms with van der Waals surface area (Å²) in [5.74, 6) is -0.136. The Morgan fingerprint density at radius 2 is 1.78 bits per heavy atom. The van der Waals surface area contributed by atoms with E-state index in [1.165, 1.54) is 0 Å². The summed E-state index contributed by atoms with van der Waals surface area (Å²) in [6.45, 7) is 8.07. The van der Waals surface area contributed by atoms with Crippen LogP contribution in [0.5, 0.6) is 0 Å². The predicted molar refractivity (Wildman–Crippen MR) is 72.7 cm³/mol. The van der Waals surface area contributed by atoms with E-state index < -0.39 is 0 Å². The standard InChI is InChI=1S/C14H27N2O2/c1-5-7-9-12(4)14(18)16-15-13(17)10-11(3)8-6-2/h11-12H,5-10H2,1-4H3,(H,15,17). The van der Waals surface area contributed by atoms with Crippen LogP contribution in [0.3, 0.4) is 0 Å². The van der Waals surface area contributed by atoms with Crippen molar-refractivity contribution in [1.29, 1.82) is 0 Å². The molecule has 0 aromatic carbocycles. The lowest BCUT2D eigenvalue weighted by Gasteiger charge is -2.11. The zero-order valence-corrected chi connectivity index (χ0v) is 12.2. The van der Waals surface area contributed by atoms with Gasteiger partial charge in [0, 0.05) is 12.3 Å². The van der Waals surface area contributed by atoms with Gasteiger partial charge in [-0.1, -0.05) is 53.4 Å². The minimum Gasteiger partial charge on any atom is -0.273 e. The van der Waals surface area contributed by atoms with Crippen LogP contribution in [-0.4, -0.2) is 11.8 Å². The molecule has 0 fully saturated rings. The van der Waals surface area contributed by atoms with Crippen LogP contribution in [-0.2, 0) is 9.59 Å². The zero-order chi connectivity index (χ0) is 14.0. The van der Waals surface area contributed by atoms with Gasteiger partial charge in [-0.3, -0.25) is 9.59 Å². The molecule has 0 aliphatic carbocycles. The molecule has 2 amide bonds. The molecule has 4 nitrogen and oxygen atoms in total. The third-order valence-electron chi connectivity index (χ3n) is 3.02. The van der Waals surface area contributed by atoms with Crippen molar-refractivity contribution in [2.24, 2.45) is 11.8 Å². The number of nitrogens with zero attached hydrogens (tertiary/aromatic N) is 1. The second kappa shape index (κ2) is 9.92. The molecular formula is C14H27N2O2. The van der Waals surface area contributed by atoms with Crippen LogP contribution in [0.1, 0.15) is 66.2 Å². The third kappa shape index (κ3) is 8.09. The van der Waals surface area contributed by atoms with Crippen molar-refractivity contribution in [3.63, 3.8) is 0 Å². The molecule has 105 valence electrons. The first-order valence-corrected chi connectivity index (χ1v) is 7.04. The molecule has 0 bridgehead atoms. The van der Waals surface area contributed by atoms with Crippen LogP contribution in [0.25, 0.3) is 0 Å². The summed E-state index contributed by atoms with van der Waals surface area (Å²) in [4.78, 5) is 23.1. The fourth-order valence-electron chi connectivity index (χ4n) is 1.82. The van der Waals surface area contributed by atoms with E-state index in [2.05, 4.69) is 24.7 Å². The van der Waals surface area contributed by atoms with Crippen LogP contribution in [0, 0.1) is 11.8 Å². The summed E-state index contributed by atoms with van der Waals surface area (Å²) >= 11 is 0. The second-order valence-corrected chi connectivity index (χ2v) is 5.13. The monoisotopic (exact) mass is 255 g/mol. The van der Waals surface area contributed by atoms with Gasteiger partial charge in [-0.25, -0.2) is 5.43 Å². The molecule has 1 N–H and O–H groups in total. The van der Waals surface area contributed by atoms with Gasteiger partial charge in [0.15, 0.2) is 0 Å². The lowest BCUT2D eigenvalue weighted by molar-refractivity contribution is -0.131. The summed E-state index contributed by atoms with van der Waals surface area (Å²) in [5, 5.41) is 0. The molecule has 2 unspecified atom stereocenters. The normalized spacial score (nSPS) is 13.8. The minimum absolute atomic E-state index is 0.0988. The summed E-state index contributed by atoms with van der Waals surface area (Å²) in [5.41, 5.74) is 6.02. The number of carbonyl (C=O) groups excluding carboxylic acids is 2. The van der Waals surface area contributed by atoms with Gasteiger partial charge in [0.1, 0.15) is 0 Å². The van der Waals surface area contributed by atoms with E-state index in [9.17, 15) is 9.59 Å². The molecule has 0 spiro atoms. The lowest BCUT2D eigenvalue weighted by Crippen LogP contribution is -2.38. The van der Waals surface area contributed by atoms with Gasteiger partial charge in [-0.15, -0.1) is 5.43 Å². The molecular weight excluding hydrogens is 228 g/mol. The van der Waals surface area contributed by atoms with E-state index in [4.69, 9.17) is 0 Å². The molecule has 0 saturated carbocycles. The first-order chi connectivity index (χ1) is 8.51. The molecule has 0 heterocycles. The highest BCUT2D eigenvalue weighted by Crippen LogP contribution is 2.09. The number of amides is 2. The van der Waals surface area contributed by atoms with Gasteiger partial charge < -0.3 is 0 Å². The highest BCUT2D eigenvalue weighted by atomic mass is 16.2. The molecule has 0 aromatic heterocycles. The van der Waals surface area contributed by atoms with Gasteiger partial charge in [0.2, 0.25) is 5.91 Å². The Morgan fingerprint density at radius 3 is 2.33 bits per heavy atom. The highest BCUT2D eigenvalue weighted by molar-refractivity contribution is 5.82. The van der Waals surface area contributed by atoms with E-state index in [0.29, 0.717) is 12.3 Å². The molecule has 18 heavy (non-hydrogen) atoms. The topological polar surface area (TPSA) is 60.3 Å². The maximum atomic E-state index is 11.6. The quantitative estimate of drug-likeness (QED) is 0.678. The molecule has 0 aliphatic heterocycles. The maximum absolute atomic E-state index is 11.6. The fourth-order valence-corrected chi connectivity index (χ4v) is 1.82. The Balaban J connectivity index is 3.80. The molecule has 0 rings (SSSR count). The van der Waals surface area contributed by atoms with Crippen molar-refractivity contribution in [1.82, 2.24) is 10.9 Å². The molecule has 0 aromatic rings. The van der Waals surface area contributed by atoms with Crippen molar-refractivity contribution in [3.05, 3.63) is 0 Å². The van der Waals surface area contributed by atoms with Crippen molar-refractivity contribution in [3.8, 4) is 0 Å². The van der Waals surface area contributed by atoms with Crippen molar-refractivity contribution in [2.75, 3.05) is 0 Å². The maximum Gasteiger partial charge on any atom is 0.265 e. The lowest BCUT2D eigenvalue weighted by atomic mass is 10.0. The highest BCUT2D eigenvalue weighted by Gasteiger charge is 2.15. The predicted octanol–water partition coefficient (Wildman–Crippen LogP) is 2.80. The van der Waals surface area contributed by atoms with Crippen LogP contribution in [0.2, 0.25) is 0 Å². The number of rotatable bonds is 8. The van der Waals surface area contributed by atoms with Gasteiger partial charge in [-0.2, -0.15) is 0 Å². The summed E-state index contributed by atoms with van der Waals surface area (Å²) < 4.78 is 0. The second-order valence-electron chi connectivity index (χ2n) is 5.13. The van der Waals surface area contributed by atoms with Gasteiger partial charge in [-0.05, 0) is 12.3 Å². The number of hydrogen-bond acceptors (Lipinski definition) is 2. The number of nitrogens with one attached hydrogen (secondary N) is 1. The molecule has 1 radical (unpaired) electrons. The average molecular weight is 255 g/mol. The van der Waals surface area contributed by atoms with Crippen LogP contribution < -0.4 is 10.9 Å². The Morgan fingerprint density at radius 1 is 1.11 bits per heavy atom. The van der Waals surface area contributed by atoms with E-state index in [1.54, 1.807) is 0 Å². The van der Waals surface area contributed by atoms with Crippen LogP contribution >= 0.6 is 0 Å². The van der Waals surface area contributed by atoms with E-state index in [0.717, 1.165) is 32.1 Å². The van der Waals surface area contributed by atoms with E-state index >= 15 is 0 Å². The fraction of sp³-hybridized carbons (Fsp3) is 0.857. The first kappa shape index (κ1) is 16.9. The Labute approximate surface area is 111 Å². The minimum atomic E-state index is -0.222. The Bertz CT molecular complexity index is 254. The molecule has 4 heteroatoms. The van der Waals surface area contributed by atoms with Gasteiger partial charge in [0.25, 0.3) is 5.91 Å².